The Morgan fingerprint density at radius 3 is 3.04 bits per heavy atom. The van der Waals surface area contributed by atoms with E-state index in [0.717, 1.165) is 36.7 Å². The van der Waals surface area contributed by atoms with Gasteiger partial charge in [-0.2, -0.15) is 5.26 Å². The van der Waals surface area contributed by atoms with Gasteiger partial charge in [-0.1, -0.05) is 17.8 Å². The molecule has 1 fully saturated rings. The van der Waals surface area contributed by atoms with E-state index in [2.05, 4.69) is 31.4 Å². The molecule has 1 aromatic carbocycles. The van der Waals surface area contributed by atoms with Crippen LogP contribution in [0.1, 0.15) is 36.7 Å². The van der Waals surface area contributed by atoms with E-state index in [1.54, 1.807) is 23.9 Å². The van der Waals surface area contributed by atoms with Crippen LogP contribution in [0, 0.1) is 11.3 Å². The lowest BCUT2D eigenvalue weighted by Gasteiger charge is -2.35. The zero-order valence-electron chi connectivity index (χ0n) is 13.8. The SMILES string of the molecule is C/N=C(\SC)N1CCCC[C@@H]1c1nnn(-c2cccc(C#N)c2)n1. The van der Waals surface area contributed by atoms with E-state index < -0.39 is 0 Å². The number of nitriles is 1. The minimum atomic E-state index is 0.0952. The van der Waals surface area contributed by atoms with Crippen LogP contribution in [0.3, 0.4) is 0 Å². The molecule has 0 spiro atoms. The van der Waals surface area contributed by atoms with Crippen molar-refractivity contribution in [3.8, 4) is 11.8 Å². The first-order valence-electron chi connectivity index (χ1n) is 7.84. The second-order valence-electron chi connectivity index (χ2n) is 5.51. The number of thioether (sulfide) groups is 1. The molecule has 2 heterocycles. The molecule has 1 aliphatic heterocycles. The Hall–Kier alpha value is -2.40. The van der Waals surface area contributed by atoms with Gasteiger partial charge in [-0.3, -0.25) is 4.99 Å². The minimum absolute atomic E-state index is 0.0952. The highest BCUT2D eigenvalue weighted by molar-refractivity contribution is 8.13. The van der Waals surface area contributed by atoms with Crippen LogP contribution >= 0.6 is 11.8 Å². The summed E-state index contributed by atoms with van der Waals surface area (Å²) in [6.07, 6.45) is 5.31. The average Bonchev–Trinajstić information content (AvgIpc) is 3.13. The van der Waals surface area contributed by atoms with E-state index in [1.165, 1.54) is 4.80 Å². The van der Waals surface area contributed by atoms with Crippen LogP contribution in [0.4, 0.5) is 0 Å². The third-order valence-electron chi connectivity index (χ3n) is 4.06. The molecule has 0 saturated carbocycles. The maximum absolute atomic E-state index is 9.03. The van der Waals surface area contributed by atoms with Gasteiger partial charge in [-0.15, -0.1) is 15.0 Å². The largest absolute Gasteiger partial charge is 0.341 e. The van der Waals surface area contributed by atoms with Crippen LogP contribution in [-0.4, -0.2) is 50.1 Å². The van der Waals surface area contributed by atoms with E-state index >= 15 is 0 Å². The van der Waals surface area contributed by atoms with Gasteiger partial charge in [0.1, 0.15) is 0 Å². The van der Waals surface area contributed by atoms with Crippen molar-refractivity contribution in [1.29, 1.82) is 5.26 Å². The smallest absolute Gasteiger partial charge is 0.197 e. The van der Waals surface area contributed by atoms with E-state index in [4.69, 9.17) is 5.26 Å². The van der Waals surface area contributed by atoms with Crippen molar-refractivity contribution in [3.05, 3.63) is 35.7 Å². The summed E-state index contributed by atoms with van der Waals surface area (Å²) in [6, 6.07) is 9.42. The number of likely N-dealkylation sites (tertiary alicyclic amines) is 1. The van der Waals surface area contributed by atoms with Gasteiger partial charge in [-0.25, -0.2) is 0 Å². The summed E-state index contributed by atoms with van der Waals surface area (Å²) in [5.74, 6) is 0.701. The zero-order chi connectivity index (χ0) is 16.9. The van der Waals surface area contributed by atoms with Crippen molar-refractivity contribution in [1.82, 2.24) is 25.1 Å². The van der Waals surface area contributed by atoms with Crippen LogP contribution in [0.15, 0.2) is 29.3 Å². The molecule has 1 aliphatic rings. The number of nitrogens with zero attached hydrogens (tertiary/aromatic N) is 7. The van der Waals surface area contributed by atoms with Crippen LogP contribution < -0.4 is 0 Å². The van der Waals surface area contributed by atoms with Crippen molar-refractivity contribution in [2.24, 2.45) is 4.99 Å². The lowest BCUT2D eigenvalue weighted by Crippen LogP contribution is -2.37. The van der Waals surface area contributed by atoms with Crippen molar-refractivity contribution in [2.45, 2.75) is 25.3 Å². The van der Waals surface area contributed by atoms with Crippen LogP contribution in [0.25, 0.3) is 5.69 Å². The van der Waals surface area contributed by atoms with E-state index in [1.807, 2.05) is 25.4 Å². The summed E-state index contributed by atoms with van der Waals surface area (Å²) in [5.41, 5.74) is 1.32. The molecule has 0 aliphatic carbocycles. The molecule has 8 heteroatoms. The molecule has 7 nitrogen and oxygen atoms in total. The number of tetrazole rings is 1. The average molecular weight is 341 g/mol. The first-order valence-corrected chi connectivity index (χ1v) is 9.07. The third kappa shape index (κ3) is 3.26. The Kier molecular flexibility index (Phi) is 5.11. The zero-order valence-corrected chi connectivity index (χ0v) is 14.6. The molecule has 0 radical (unpaired) electrons. The standard InChI is InChI=1S/C16H19N7S/c1-18-16(24-2)22-9-4-3-8-14(22)15-19-21-23(20-15)13-7-5-6-12(10-13)11-17/h5-7,10,14H,3-4,8-9H2,1-2H3/b18-16-/t14-/m1/s1. The van der Waals surface area contributed by atoms with E-state index in [0.29, 0.717) is 11.4 Å². The second kappa shape index (κ2) is 7.45. The molecule has 0 amide bonds. The summed E-state index contributed by atoms with van der Waals surface area (Å²) in [4.78, 5) is 8.14. The molecule has 1 aromatic heterocycles. The van der Waals surface area contributed by atoms with Crippen LogP contribution in [0.2, 0.25) is 0 Å². The Bertz CT molecular complexity index is 777. The second-order valence-corrected chi connectivity index (χ2v) is 6.29. The van der Waals surface area contributed by atoms with Gasteiger partial charge in [0.2, 0.25) is 0 Å². The van der Waals surface area contributed by atoms with Crippen molar-refractivity contribution in [2.75, 3.05) is 19.8 Å². The molecule has 1 atom stereocenters. The number of hydrogen-bond donors (Lipinski definition) is 0. The fraction of sp³-hybridized carbons (Fsp3) is 0.438. The number of amidine groups is 1. The Morgan fingerprint density at radius 1 is 1.42 bits per heavy atom. The molecule has 0 N–H and O–H groups in total. The highest BCUT2D eigenvalue weighted by Gasteiger charge is 2.29. The molecule has 1 saturated heterocycles. The highest BCUT2D eigenvalue weighted by atomic mass is 32.2. The normalized spacial score (nSPS) is 18.5. The summed E-state index contributed by atoms with van der Waals surface area (Å²) >= 11 is 1.64. The predicted octanol–water partition coefficient (Wildman–Crippen LogP) is 2.41. The van der Waals surface area contributed by atoms with Gasteiger partial charge in [0.05, 0.1) is 23.4 Å². The Balaban J connectivity index is 1.89. The topological polar surface area (TPSA) is 83.0 Å². The fourth-order valence-electron chi connectivity index (χ4n) is 2.93. The summed E-state index contributed by atoms with van der Waals surface area (Å²) in [7, 11) is 1.81. The number of aliphatic imine (C=N–C) groups is 1. The van der Waals surface area contributed by atoms with E-state index in [-0.39, 0.29) is 6.04 Å². The lowest BCUT2D eigenvalue weighted by molar-refractivity contribution is 0.239. The Labute approximate surface area is 145 Å². The molecule has 24 heavy (non-hydrogen) atoms. The van der Waals surface area contributed by atoms with E-state index in [9.17, 15) is 0 Å². The van der Waals surface area contributed by atoms with Gasteiger partial charge in [0.25, 0.3) is 0 Å². The van der Waals surface area contributed by atoms with Crippen LogP contribution in [-0.2, 0) is 0 Å². The highest BCUT2D eigenvalue weighted by Crippen LogP contribution is 2.30. The summed E-state index contributed by atoms with van der Waals surface area (Å²) < 4.78 is 0. The molecular weight excluding hydrogens is 322 g/mol. The summed E-state index contributed by atoms with van der Waals surface area (Å²) in [5, 5.41) is 23.0. The third-order valence-corrected chi connectivity index (χ3v) is 4.84. The van der Waals surface area contributed by atoms with Gasteiger partial charge in [0, 0.05) is 13.6 Å². The number of benzene rings is 1. The molecule has 0 unspecified atom stereocenters. The molecule has 2 aromatic rings. The van der Waals surface area contributed by atoms with Gasteiger partial charge in [-0.05, 0) is 48.9 Å². The van der Waals surface area contributed by atoms with Crippen molar-refractivity contribution >= 4 is 16.9 Å². The first kappa shape index (κ1) is 16.5. The molecule has 0 bridgehead atoms. The monoisotopic (exact) mass is 341 g/mol. The van der Waals surface area contributed by atoms with Gasteiger partial charge in [0.15, 0.2) is 11.0 Å². The fourth-order valence-corrected chi connectivity index (χ4v) is 3.57. The van der Waals surface area contributed by atoms with Crippen LogP contribution in [0.5, 0.6) is 0 Å². The maximum Gasteiger partial charge on any atom is 0.197 e. The quantitative estimate of drug-likeness (QED) is 0.616. The van der Waals surface area contributed by atoms with Gasteiger partial charge >= 0.3 is 0 Å². The number of hydrogen-bond acceptors (Lipinski definition) is 6. The number of aromatic nitrogens is 4. The summed E-state index contributed by atoms with van der Waals surface area (Å²) in [6.45, 7) is 0.955. The molecule has 3 rings (SSSR count). The molecular formula is C16H19N7S. The minimum Gasteiger partial charge on any atom is -0.341 e. The Morgan fingerprint density at radius 2 is 2.29 bits per heavy atom. The maximum atomic E-state index is 9.03. The molecule has 124 valence electrons. The number of piperidine rings is 1. The van der Waals surface area contributed by atoms with Crippen molar-refractivity contribution in [3.63, 3.8) is 0 Å². The predicted molar refractivity (Wildman–Crippen MR) is 94.0 cm³/mol. The number of rotatable bonds is 2. The van der Waals surface area contributed by atoms with Gasteiger partial charge < -0.3 is 4.90 Å². The first-order chi connectivity index (χ1) is 11.8. The lowest BCUT2D eigenvalue weighted by atomic mass is 10.0. The van der Waals surface area contributed by atoms with Crippen molar-refractivity contribution < 1.29 is 0 Å².